The molecule has 78 valence electrons. The van der Waals surface area contributed by atoms with Gasteiger partial charge in [0.15, 0.2) is 0 Å². The lowest BCUT2D eigenvalue weighted by Gasteiger charge is -2.05. The summed E-state index contributed by atoms with van der Waals surface area (Å²) in [6.07, 6.45) is 1.96. The smallest absolute Gasteiger partial charge is 0.188 e. The van der Waals surface area contributed by atoms with E-state index >= 15 is 0 Å². The summed E-state index contributed by atoms with van der Waals surface area (Å²) < 4.78 is 1.75. The predicted octanol–water partition coefficient (Wildman–Crippen LogP) is 2.00. The summed E-state index contributed by atoms with van der Waals surface area (Å²) in [4.78, 5) is 0. The van der Waals surface area contributed by atoms with Crippen LogP contribution in [0.5, 0.6) is 0 Å². The van der Waals surface area contributed by atoms with Crippen molar-refractivity contribution >= 4 is 11.8 Å². The number of hydrogen-bond donors (Lipinski definition) is 0. The van der Waals surface area contributed by atoms with E-state index in [1.165, 1.54) is 22.9 Å². The standard InChI is InChI=1S/C10H12N4S/c1-7-4-5-9(6-8(7)2)14-10(15-3)11-12-13-14/h4-6H,1-3H3. The van der Waals surface area contributed by atoms with E-state index in [1.54, 1.807) is 4.68 Å². The SMILES string of the molecule is CSc1nnnn1-c1ccc(C)c(C)c1. The second-order valence-corrected chi connectivity index (χ2v) is 4.12. The van der Waals surface area contributed by atoms with Gasteiger partial charge in [0.2, 0.25) is 5.16 Å². The number of tetrazole rings is 1. The van der Waals surface area contributed by atoms with Gasteiger partial charge in [0.1, 0.15) is 0 Å². The fourth-order valence-corrected chi connectivity index (χ4v) is 1.76. The molecule has 0 atom stereocenters. The fraction of sp³-hybridized carbons (Fsp3) is 0.300. The van der Waals surface area contributed by atoms with Crippen LogP contribution in [0.2, 0.25) is 0 Å². The molecule has 0 aliphatic heterocycles. The van der Waals surface area contributed by atoms with Crippen LogP contribution < -0.4 is 0 Å². The van der Waals surface area contributed by atoms with E-state index in [9.17, 15) is 0 Å². The third-order valence-corrected chi connectivity index (χ3v) is 2.98. The van der Waals surface area contributed by atoms with E-state index in [0.717, 1.165) is 10.8 Å². The molecule has 15 heavy (non-hydrogen) atoms. The van der Waals surface area contributed by atoms with Gasteiger partial charge in [-0.1, -0.05) is 17.8 Å². The zero-order chi connectivity index (χ0) is 10.8. The summed E-state index contributed by atoms with van der Waals surface area (Å²) in [6.45, 7) is 4.18. The molecule has 0 spiro atoms. The second kappa shape index (κ2) is 4.02. The highest BCUT2D eigenvalue weighted by Gasteiger charge is 2.06. The molecule has 0 N–H and O–H groups in total. The Hall–Kier alpha value is -1.36. The van der Waals surface area contributed by atoms with Gasteiger partial charge in [-0.3, -0.25) is 0 Å². The van der Waals surface area contributed by atoms with E-state index in [0.29, 0.717) is 0 Å². The zero-order valence-corrected chi connectivity index (χ0v) is 9.75. The average Bonchev–Trinajstić information content (AvgIpc) is 2.70. The Kier molecular flexibility index (Phi) is 2.73. The van der Waals surface area contributed by atoms with Crippen LogP contribution in [0.3, 0.4) is 0 Å². The summed E-state index contributed by atoms with van der Waals surface area (Å²) >= 11 is 1.53. The van der Waals surface area contributed by atoms with E-state index in [1.807, 2.05) is 12.3 Å². The molecule has 2 rings (SSSR count). The molecule has 0 saturated heterocycles. The Morgan fingerprint density at radius 1 is 1.20 bits per heavy atom. The molecule has 1 heterocycles. The zero-order valence-electron chi connectivity index (χ0n) is 8.93. The molecule has 0 fully saturated rings. The van der Waals surface area contributed by atoms with Crippen LogP contribution in [-0.2, 0) is 0 Å². The number of nitrogens with zero attached hydrogens (tertiary/aromatic N) is 4. The third-order valence-electron chi connectivity index (χ3n) is 2.36. The van der Waals surface area contributed by atoms with Crippen molar-refractivity contribution in [3.8, 4) is 5.69 Å². The molecule has 0 aliphatic carbocycles. The van der Waals surface area contributed by atoms with Crippen molar-refractivity contribution in [3.63, 3.8) is 0 Å². The first-order valence-corrected chi connectivity index (χ1v) is 5.85. The Bertz CT molecular complexity index is 478. The highest BCUT2D eigenvalue weighted by Crippen LogP contribution is 2.17. The molecular formula is C10H12N4S. The van der Waals surface area contributed by atoms with E-state index in [2.05, 4.69) is 41.5 Å². The first-order chi connectivity index (χ1) is 7.22. The van der Waals surface area contributed by atoms with Crippen molar-refractivity contribution < 1.29 is 0 Å². The van der Waals surface area contributed by atoms with Gasteiger partial charge in [0.25, 0.3) is 0 Å². The van der Waals surface area contributed by atoms with Gasteiger partial charge in [-0.05, 0) is 53.8 Å². The lowest BCUT2D eigenvalue weighted by atomic mass is 10.1. The van der Waals surface area contributed by atoms with Gasteiger partial charge < -0.3 is 0 Å². The summed E-state index contributed by atoms with van der Waals surface area (Å²) in [5, 5.41) is 12.4. The van der Waals surface area contributed by atoms with Crippen LogP contribution in [0.1, 0.15) is 11.1 Å². The van der Waals surface area contributed by atoms with Crippen LogP contribution in [0.25, 0.3) is 5.69 Å². The number of rotatable bonds is 2. The van der Waals surface area contributed by atoms with E-state index in [-0.39, 0.29) is 0 Å². The largest absolute Gasteiger partial charge is 0.213 e. The first-order valence-electron chi connectivity index (χ1n) is 4.62. The third kappa shape index (κ3) is 1.87. The van der Waals surface area contributed by atoms with Crippen molar-refractivity contribution in [1.29, 1.82) is 0 Å². The minimum Gasteiger partial charge on any atom is -0.188 e. The topological polar surface area (TPSA) is 43.6 Å². The molecule has 2 aromatic rings. The Labute approximate surface area is 92.7 Å². The van der Waals surface area contributed by atoms with Gasteiger partial charge in [-0.25, -0.2) is 0 Å². The lowest BCUT2D eigenvalue weighted by Crippen LogP contribution is -1.99. The van der Waals surface area contributed by atoms with E-state index in [4.69, 9.17) is 0 Å². The Balaban J connectivity index is 2.50. The number of aryl methyl sites for hydroxylation is 2. The number of aromatic nitrogens is 4. The molecule has 1 aromatic heterocycles. The van der Waals surface area contributed by atoms with Gasteiger partial charge in [0.05, 0.1) is 5.69 Å². The normalized spacial score (nSPS) is 10.6. The molecule has 0 aliphatic rings. The van der Waals surface area contributed by atoms with Crippen molar-refractivity contribution in [3.05, 3.63) is 29.3 Å². The predicted molar refractivity (Wildman–Crippen MR) is 60.4 cm³/mol. The Morgan fingerprint density at radius 3 is 2.67 bits per heavy atom. The number of benzene rings is 1. The van der Waals surface area contributed by atoms with Crippen molar-refractivity contribution in [2.75, 3.05) is 6.26 Å². The average molecular weight is 220 g/mol. The molecule has 1 aromatic carbocycles. The summed E-state index contributed by atoms with van der Waals surface area (Å²) in [6, 6.07) is 6.19. The molecule has 0 unspecified atom stereocenters. The molecule has 4 nitrogen and oxygen atoms in total. The molecule has 0 amide bonds. The molecule has 0 saturated carbocycles. The van der Waals surface area contributed by atoms with Gasteiger partial charge in [-0.2, -0.15) is 4.68 Å². The number of hydrogen-bond acceptors (Lipinski definition) is 4. The first kappa shape index (κ1) is 10.2. The summed E-state index contributed by atoms with van der Waals surface area (Å²) in [5.41, 5.74) is 3.53. The van der Waals surface area contributed by atoms with Crippen molar-refractivity contribution in [2.24, 2.45) is 0 Å². The molecule has 5 heteroatoms. The van der Waals surface area contributed by atoms with Crippen molar-refractivity contribution in [1.82, 2.24) is 20.2 Å². The number of thioether (sulfide) groups is 1. The molecule has 0 bridgehead atoms. The maximum absolute atomic E-state index is 3.96. The minimum absolute atomic E-state index is 0.804. The molecule has 0 radical (unpaired) electrons. The minimum atomic E-state index is 0.804. The lowest BCUT2D eigenvalue weighted by molar-refractivity contribution is 0.756. The summed E-state index contributed by atoms with van der Waals surface area (Å²) in [7, 11) is 0. The maximum Gasteiger partial charge on any atom is 0.213 e. The van der Waals surface area contributed by atoms with Crippen molar-refractivity contribution in [2.45, 2.75) is 19.0 Å². The quantitative estimate of drug-likeness (QED) is 0.726. The van der Waals surface area contributed by atoms with Crippen LogP contribution in [-0.4, -0.2) is 26.5 Å². The fourth-order valence-electron chi connectivity index (χ4n) is 1.33. The van der Waals surface area contributed by atoms with E-state index < -0.39 is 0 Å². The Morgan fingerprint density at radius 2 is 2.00 bits per heavy atom. The van der Waals surface area contributed by atoms with Crippen LogP contribution >= 0.6 is 11.8 Å². The molecular weight excluding hydrogens is 208 g/mol. The van der Waals surface area contributed by atoms with Gasteiger partial charge >= 0.3 is 0 Å². The van der Waals surface area contributed by atoms with Gasteiger partial charge in [-0.15, -0.1) is 5.10 Å². The van der Waals surface area contributed by atoms with Crippen LogP contribution in [0.4, 0.5) is 0 Å². The highest BCUT2D eigenvalue weighted by molar-refractivity contribution is 7.98. The van der Waals surface area contributed by atoms with Gasteiger partial charge in [0, 0.05) is 0 Å². The summed E-state index contributed by atoms with van der Waals surface area (Å²) in [5.74, 6) is 0. The monoisotopic (exact) mass is 220 g/mol. The van der Waals surface area contributed by atoms with Crippen LogP contribution in [0, 0.1) is 13.8 Å². The maximum atomic E-state index is 3.96. The highest BCUT2D eigenvalue weighted by atomic mass is 32.2. The van der Waals surface area contributed by atoms with Crippen LogP contribution in [0.15, 0.2) is 23.4 Å². The second-order valence-electron chi connectivity index (χ2n) is 3.35.